The molecule has 1 unspecified atom stereocenters. The second-order valence-corrected chi connectivity index (χ2v) is 5.69. The molecule has 1 heterocycles. The second kappa shape index (κ2) is 6.76. The van der Waals surface area contributed by atoms with E-state index in [1.807, 2.05) is 0 Å². The Bertz CT molecular complexity index is 550. The third kappa shape index (κ3) is 4.07. The molecule has 7 heteroatoms. The molecule has 0 aliphatic carbocycles. The molecule has 114 valence electrons. The molecule has 21 heavy (non-hydrogen) atoms. The molecule has 6 nitrogen and oxygen atoms in total. The van der Waals surface area contributed by atoms with Gasteiger partial charge in [-0.3, -0.25) is 14.9 Å². The van der Waals surface area contributed by atoms with Crippen molar-refractivity contribution in [2.45, 2.75) is 19.8 Å². The monoisotopic (exact) mass is 311 g/mol. The Balaban J connectivity index is 2.07. The van der Waals surface area contributed by atoms with Gasteiger partial charge in [-0.15, -0.1) is 0 Å². The maximum Gasteiger partial charge on any atom is 0.271 e. The van der Waals surface area contributed by atoms with Crippen molar-refractivity contribution in [3.8, 4) is 0 Å². The molecule has 1 atom stereocenters. The van der Waals surface area contributed by atoms with E-state index < -0.39 is 4.92 Å². The van der Waals surface area contributed by atoms with Gasteiger partial charge in [0.15, 0.2) is 0 Å². The van der Waals surface area contributed by atoms with Crippen molar-refractivity contribution < 1.29 is 9.72 Å². The largest absolute Gasteiger partial charge is 0.370 e. The van der Waals surface area contributed by atoms with Crippen molar-refractivity contribution >= 4 is 28.9 Å². The summed E-state index contributed by atoms with van der Waals surface area (Å²) in [5.41, 5.74) is 0.811. The smallest absolute Gasteiger partial charge is 0.271 e. The maximum absolute atomic E-state index is 11.0. The molecular weight excluding hydrogens is 294 g/mol. The number of amides is 1. The fourth-order valence-electron chi connectivity index (χ4n) is 2.60. The number of hydrogen-bond acceptors (Lipinski definition) is 4. The number of nitrogens with zero attached hydrogens (tertiary/aromatic N) is 2. The predicted molar refractivity (Wildman–Crippen MR) is 81.7 cm³/mol. The van der Waals surface area contributed by atoms with Gasteiger partial charge in [-0.2, -0.15) is 0 Å². The zero-order valence-electron chi connectivity index (χ0n) is 11.8. The quantitative estimate of drug-likeness (QED) is 0.685. The van der Waals surface area contributed by atoms with Crippen LogP contribution in [0.5, 0.6) is 0 Å². The lowest BCUT2D eigenvalue weighted by Gasteiger charge is -2.34. The van der Waals surface area contributed by atoms with Crippen molar-refractivity contribution in [2.75, 3.05) is 24.5 Å². The summed E-state index contributed by atoms with van der Waals surface area (Å²) in [6.45, 7) is 3.82. The van der Waals surface area contributed by atoms with Crippen molar-refractivity contribution in [1.82, 2.24) is 5.32 Å². The molecule has 0 aromatic heterocycles. The normalized spacial score (nSPS) is 18.4. The highest BCUT2D eigenvalue weighted by molar-refractivity contribution is 6.33. The predicted octanol–water partition coefficient (Wildman–Crippen LogP) is 2.60. The van der Waals surface area contributed by atoms with Crippen LogP contribution in [0.3, 0.4) is 0 Å². The fourth-order valence-corrected chi connectivity index (χ4v) is 2.90. The average molecular weight is 312 g/mol. The summed E-state index contributed by atoms with van der Waals surface area (Å²) in [4.78, 5) is 23.4. The highest BCUT2D eigenvalue weighted by Crippen LogP contribution is 2.32. The zero-order chi connectivity index (χ0) is 15.4. The topological polar surface area (TPSA) is 75.5 Å². The highest BCUT2D eigenvalue weighted by atomic mass is 35.5. The number of carbonyl (C=O) groups excluding carboxylic acids is 1. The van der Waals surface area contributed by atoms with Crippen molar-refractivity contribution in [2.24, 2.45) is 5.92 Å². The van der Waals surface area contributed by atoms with E-state index in [4.69, 9.17) is 11.6 Å². The van der Waals surface area contributed by atoms with E-state index in [1.54, 1.807) is 6.07 Å². The Morgan fingerprint density at radius 1 is 1.57 bits per heavy atom. The van der Waals surface area contributed by atoms with Crippen LogP contribution in [0, 0.1) is 16.0 Å². The molecule has 1 aliphatic heterocycles. The Morgan fingerprint density at radius 3 is 2.95 bits per heavy atom. The highest BCUT2D eigenvalue weighted by Gasteiger charge is 2.22. The molecule has 0 radical (unpaired) electrons. The average Bonchev–Trinajstić information content (AvgIpc) is 2.45. The van der Waals surface area contributed by atoms with E-state index in [1.165, 1.54) is 19.1 Å². The van der Waals surface area contributed by atoms with E-state index in [-0.39, 0.29) is 11.6 Å². The van der Waals surface area contributed by atoms with Gasteiger partial charge in [0.2, 0.25) is 5.91 Å². The Labute approximate surface area is 128 Å². The number of nitro benzene ring substituents is 1. The van der Waals surface area contributed by atoms with Crippen LogP contribution in [0.25, 0.3) is 0 Å². The van der Waals surface area contributed by atoms with Crippen LogP contribution in [0.1, 0.15) is 19.8 Å². The molecule has 0 bridgehead atoms. The first-order chi connectivity index (χ1) is 9.97. The van der Waals surface area contributed by atoms with Crippen LogP contribution in [-0.4, -0.2) is 30.5 Å². The second-order valence-electron chi connectivity index (χ2n) is 5.28. The van der Waals surface area contributed by atoms with Gasteiger partial charge in [-0.25, -0.2) is 0 Å². The third-order valence-corrected chi connectivity index (χ3v) is 3.94. The first kappa shape index (κ1) is 15.6. The summed E-state index contributed by atoms with van der Waals surface area (Å²) in [6.07, 6.45) is 2.07. The minimum Gasteiger partial charge on any atom is -0.370 e. The van der Waals surface area contributed by atoms with Gasteiger partial charge in [-0.05, 0) is 24.8 Å². The Kier molecular flexibility index (Phi) is 5.01. The van der Waals surface area contributed by atoms with Crippen LogP contribution in [0.2, 0.25) is 5.02 Å². The van der Waals surface area contributed by atoms with E-state index in [2.05, 4.69) is 10.2 Å². The molecule has 1 N–H and O–H groups in total. The zero-order valence-corrected chi connectivity index (χ0v) is 12.6. The number of nitro groups is 1. The van der Waals surface area contributed by atoms with Crippen molar-refractivity contribution in [3.63, 3.8) is 0 Å². The van der Waals surface area contributed by atoms with E-state index in [0.717, 1.165) is 31.6 Å². The summed E-state index contributed by atoms with van der Waals surface area (Å²) in [7, 11) is 0. The van der Waals surface area contributed by atoms with Crippen LogP contribution in [0.4, 0.5) is 11.4 Å². The van der Waals surface area contributed by atoms with Crippen molar-refractivity contribution in [1.29, 1.82) is 0 Å². The minimum absolute atomic E-state index is 0.00412. The van der Waals surface area contributed by atoms with Gasteiger partial charge in [-0.1, -0.05) is 11.6 Å². The number of anilines is 1. The molecule has 0 spiro atoms. The van der Waals surface area contributed by atoms with Gasteiger partial charge in [0, 0.05) is 38.7 Å². The molecule has 1 aliphatic rings. The molecule has 1 fully saturated rings. The third-order valence-electron chi connectivity index (χ3n) is 3.64. The fraction of sp³-hybridized carbons (Fsp3) is 0.500. The summed E-state index contributed by atoms with van der Waals surface area (Å²) in [5, 5.41) is 14.0. The lowest BCUT2D eigenvalue weighted by Crippen LogP contribution is -2.40. The molecule has 1 aromatic rings. The molecule has 1 saturated heterocycles. The van der Waals surface area contributed by atoms with Gasteiger partial charge in [0.25, 0.3) is 5.69 Å². The number of halogens is 1. The Morgan fingerprint density at radius 2 is 2.33 bits per heavy atom. The number of non-ortho nitro benzene ring substituents is 1. The van der Waals surface area contributed by atoms with Crippen LogP contribution in [0.15, 0.2) is 18.2 Å². The van der Waals surface area contributed by atoms with Crippen LogP contribution >= 0.6 is 11.6 Å². The SMILES string of the molecule is CC(=O)NCC1CCCN(c2ccc([N+](=O)[O-])cc2Cl)C1. The van der Waals surface area contributed by atoms with Crippen LogP contribution in [-0.2, 0) is 4.79 Å². The van der Waals surface area contributed by atoms with Crippen LogP contribution < -0.4 is 10.2 Å². The standard InChI is InChI=1S/C14H18ClN3O3/c1-10(19)16-8-11-3-2-6-17(9-11)14-5-4-12(18(20)21)7-13(14)15/h4-5,7,11H,2-3,6,8-9H2,1H3,(H,16,19). The first-order valence-electron chi connectivity index (χ1n) is 6.90. The number of piperidine rings is 1. The number of nitrogens with one attached hydrogen (secondary N) is 1. The van der Waals surface area contributed by atoms with Gasteiger partial charge < -0.3 is 10.2 Å². The lowest BCUT2D eigenvalue weighted by atomic mass is 9.97. The Hall–Kier alpha value is -1.82. The van der Waals surface area contributed by atoms with Gasteiger partial charge in [0.05, 0.1) is 15.6 Å². The minimum atomic E-state index is -0.453. The maximum atomic E-state index is 11.0. The van der Waals surface area contributed by atoms with Gasteiger partial charge in [0.1, 0.15) is 0 Å². The summed E-state index contributed by atoms with van der Waals surface area (Å²) < 4.78 is 0. The number of benzene rings is 1. The summed E-state index contributed by atoms with van der Waals surface area (Å²) in [5.74, 6) is 0.342. The molecule has 1 amide bonds. The summed E-state index contributed by atoms with van der Waals surface area (Å²) >= 11 is 6.17. The molecule has 2 rings (SSSR count). The number of rotatable bonds is 4. The van der Waals surface area contributed by atoms with Gasteiger partial charge >= 0.3 is 0 Å². The first-order valence-corrected chi connectivity index (χ1v) is 7.28. The number of hydrogen-bond donors (Lipinski definition) is 1. The van der Waals surface area contributed by atoms with E-state index in [0.29, 0.717) is 17.5 Å². The van der Waals surface area contributed by atoms with E-state index >= 15 is 0 Å². The summed E-state index contributed by atoms with van der Waals surface area (Å²) in [6, 6.07) is 4.55. The molecular formula is C14H18ClN3O3. The number of carbonyl (C=O) groups is 1. The van der Waals surface area contributed by atoms with E-state index in [9.17, 15) is 14.9 Å². The lowest BCUT2D eigenvalue weighted by molar-refractivity contribution is -0.384. The molecule has 0 saturated carbocycles. The van der Waals surface area contributed by atoms with Crippen molar-refractivity contribution in [3.05, 3.63) is 33.3 Å². The molecule has 1 aromatic carbocycles.